The zero-order valence-corrected chi connectivity index (χ0v) is 14.0. The number of halogens is 3. The largest absolute Gasteiger partial charge is 0.480 e. The fourth-order valence-corrected chi connectivity index (χ4v) is 2.73. The Morgan fingerprint density at radius 2 is 1.62 bits per heavy atom. The van der Waals surface area contributed by atoms with Gasteiger partial charge in [-0.2, -0.15) is 13.2 Å². The van der Waals surface area contributed by atoms with Crippen LogP contribution in [0.15, 0.2) is 0 Å². The summed E-state index contributed by atoms with van der Waals surface area (Å²) < 4.78 is 42.4. The van der Waals surface area contributed by atoms with Gasteiger partial charge in [-0.25, -0.2) is 4.79 Å². The van der Waals surface area contributed by atoms with E-state index < -0.39 is 38.5 Å². The first-order valence-electron chi connectivity index (χ1n) is 6.38. The number of carboxylic acids is 1. The van der Waals surface area contributed by atoms with Crippen molar-refractivity contribution in [2.45, 2.75) is 64.1 Å². The number of carbonyl (C=O) groups excluding carboxylic acids is 1. The molecule has 0 saturated carbocycles. The minimum Gasteiger partial charge on any atom is -0.480 e. The molecule has 0 fully saturated rings. The number of amides is 1. The van der Waals surface area contributed by atoms with Gasteiger partial charge < -0.3 is 14.8 Å². The Morgan fingerprint density at radius 3 is 1.90 bits per heavy atom. The molecule has 0 saturated heterocycles. The van der Waals surface area contributed by atoms with Gasteiger partial charge in [-0.15, -0.1) is 0 Å². The molecule has 0 aromatic carbocycles. The first-order valence-corrected chi connectivity index (χ1v) is 9.28. The molecule has 2 N–H and O–H groups in total. The summed E-state index contributed by atoms with van der Waals surface area (Å²) in [6.07, 6.45) is -6.21. The van der Waals surface area contributed by atoms with Gasteiger partial charge in [-0.05, 0) is 25.1 Å². The highest BCUT2D eigenvalue weighted by Crippen LogP contribution is 2.37. The van der Waals surface area contributed by atoms with Gasteiger partial charge in [0.05, 0.1) is 6.10 Å². The summed E-state index contributed by atoms with van der Waals surface area (Å²) in [4.78, 5) is 22.0. The number of carboxylic acid groups (broad SMARTS) is 1. The van der Waals surface area contributed by atoms with Crippen LogP contribution in [0, 0.1) is 0 Å². The van der Waals surface area contributed by atoms with E-state index >= 15 is 0 Å². The Kier molecular flexibility index (Phi) is 6.02. The van der Waals surface area contributed by atoms with Gasteiger partial charge in [0.15, 0.2) is 14.4 Å². The SMILES string of the molecule is C[C@@H](O[Si](C)(C)C(C)(C)C)[C@H](NC(=O)C(F)(F)F)C(=O)O. The van der Waals surface area contributed by atoms with Crippen molar-refractivity contribution in [3.63, 3.8) is 0 Å². The monoisotopic (exact) mass is 329 g/mol. The Balaban J connectivity index is 5.08. The van der Waals surface area contributed by atoms with E-state index in [4.69, 9.17) is 9.53 Å². The predicted molar refractivity (Wildman–Crippen MR) is 73.4 cm³/mol. The highest BCUT2D eigenvalue weighted by Gasteiger charge is 2.44. The van der Waals surface area contributed by atoms with Crippen LogP contribution in [-0.4, -0.2) is 43.6 Å². The molecule has 0 unspecified atom stereocenters. The molecular formula is C12H22F3NO4Si. The lowest BCUT2D eigenvalue weighted by atomic mass is 10.2. The number of nitrogens with one attached hydrogen (secondary N) is 1. The van der Waals surface area contributed by atoms with Crippen LogP contribution in [0.25, 0.3) is 0 Å². The highest BCUT2D eigenvalue weighted by molar-refractivity contribution is 6.74. The molecule has 0 aliphatic heterocycles. The van der Waals surface area contributed by atoms with E-state index in [1.807, 2.05) is 33.9 Å². The summed E-state index contributed by atoms with van der Waals surface area (Å²) in [6.45, 7) is 10.8. The maximum atomic E-state index is 12.2. The Labute approximate surface area is 123 Å². The standard InChI is InChI=1S/C12H22F3NO4Si/c1-7(20-21(5,6)11(2,3)4)8(9(17)18)16-10(19)12(13,14)15/h7-8H,1-6H3,(H,16,19)(H,17,18)/t7-,8+/m1/s1. The fraction of sp³-hybridized carbons (Fsp3) is 0.833. The van der Waals surface area contributed by atoms with Crippen LogP contribution in [0.4, 0.5) is 13.2 Å². The van der Waals surface area contributed by atoms with Crippen LogP contribution in [-0.2, 0) is 14.0 Å². The average Bonchev–Trinajstić information content (AvgIpc) is 2.20. The molecule has 0 radical (unpaired) electrons. The first kappa shape index (κ1) is 19.9. The smallest absolute Gasteiger partial charge is 0.471 e. The molecule has 0 heterocycles. The third-order valence-corrected chi connectivity index (χ3v) is 8.14. The molecule has 124 valence electrons. The number of hydrogen-bond donors (Lipinski definition) is 2. The molecular weight excluding hydrogens is 307 g/mol. The van der Waals surface area contributed by atoms with E-state index in [2.05, 4.69) is 0 Å². The minimum absolute atomic E-state index is 0.238. The van der Waals surface area contributed by atoms with Crippen molar-refractivity contribution in [3.05, 3.63) is 0 Å². The van der Waals surface area contributed by atoms with Crippen LogP contribution in [0.1, 0.15) is 27.7 Å². The average molecular weight is 329 g/mol. The van der Waals surface area contributed by atoms with E-state index in [1.54, 1.807) is 0 Å². The quantitative estimate of drug-likeness (QED) is 0.760. The Bertz CT molecular complexity index is 404. The molecule has 0 aromatic rings. The highest BCUT2D eigenvalue weighted by atomic mass is 28.4. The summed E-state index contributed by atoms with van der Waals surface area (Å²) >= 11 is 0. The summed E-state index contributed by atoms with van der Waals surface area (Å²) in [6, 6.07) is -1.76. The van der Waals surface area contributed by atoms with Crippen molar-refractivity contribution in [3.8, 4) is 0 Å². The van der Waals surface area contributed by atoms with Crippen LogP contribution in [0.5, 0.6) is 0 Å². The molecule has 0 spiro atoms. The lowest BCUT2D eigenvalue weighted by Gasteiger charge is -2.39. The van der Waals surface area contributed by atoms with Gasteiger partial charge >= 0.3 is 18.1 Å². The molecule has 0 aromatic heterocycles. The van der Waals surface area contributed by atoms with Gasteiger partial charge in [0.1, 0.15) is 0 Å². The van der Waals surface area contributed by atoms with Crippen LogP contribution < -0.4 is 5.32 Å². The van der Waals surface area contributed by atoms with Crippen molar-refractivity contribution < 1.29 is 32.3 Å². The second kappa shape index (κ2) is 6.35. The van der Waals surface area contributed by atoms with Crippen LogP contribution >= 0.6 is 0 Å². The molecule has 5 nitrogen and oxygen atoms in total. The van der Waals surface area contributed by atoms with E-state index in [0.717, 1.165) is 0 Å². The number of hydrogen-bond acceptors (Lipinski definition) is 3. The van der Waals surface area contributed by atoms with E-state index in [1.165, 1.54) is 12.2 Å². The number of carbonyl (C=O) groups is 2. The molecule has 2 atom stereocenters. The van der Waals surface area contributed by atoms with Gasteiger partial charge in [-0.1, -0.05) is 20.8 Å². The van der Waals surface area contributed by atoms with Crippen molar-refractivity contribution in [2.75, 3.05) is 0 Å². The summed E-state index contributed by atoms with van der Waals surface area (Å²) in [5, 5.41) is 10.2. The third kappa shape index (κ3) is 5.66. The second-order valence-electron chi connectivity index (χ2n) is 6.37. The Hall–Kier alpha value is -1.09. The lowest BCUT2D eigenvalue weighted by Crippen LogP contribution is -2.55. The Morgan fingerprint density at radius 1 is 1.19 bits per heavy atom. The second-order valence-corrected chi connectivity index (χ2v) is 11.1. The maximum absolute atomic E-state index is 12.2. The number of rotatable bonds is 5. The third-order valence-electron chi connectivity index (χ3n) is 3.57. The van der Waals surface area contributed by atoms with Gasteiger partial charge in [0.2, 0.25) is 0 Å². The van der Waals surface area contributed by atoms with E-state index in [-0.39, 0.29) is 5.04 Å². The first-order chi connectivity index (χ1) is 9.09. The van der Waals surface area contributed by atoms with Crippen LogP contribution in [0.3, 0.4) is 0 Å². The van der Waals surface area contributed by atoms with Gasteiger partial charge in [0.25, 0.3) is 0 Å². The summed E-state index contributed by atoms with van der Waals surface area (Å²) in [7, 11) is -2.37. The van der Waals surface area contributed by atoms with Gasteiger partial charge in [-0.3, -0.25) is 4.79 Å². The van der Waals surface area contributed by atoms with Crippen LogP contribution in [0.2, 0.25) is 18.1 Å². The summed E-state index contributed by atoms with van der Waals surface area (Å²) in [5.74, 6) is -3.86. The zero-order valence-electron chi connectivity index (χ0n) is 13.0. The number of aliphatic carboxylic acids is 1. The lowest BCUT2D eigenvalue weighted by molar-refractivity contribution is -0.176. The van der Waals surface area contributed by atoms with Crippen molar-refractivity contribution >= 4 is 20.2 Å². The van der Waals surface area contributed by atoms with E-state index in [0.29, 0.717) is 0 Å². The summed E-state index contributed by atoms with van der Waals surface area (Å²) in [5.41, 5.74) is 0. The molecule has 0 aliphatic rings. The molecule has 0 aliphatic carbocycles. The topological polar surface area (TPSA) is 75.6 Å². The van der Waals surface area contributed by atoms with Crippen molar-refractivity contribution in [1.82, 2.24) is 5.32 Å². The van der Waals surface area contributed by atoms with Crippen molar-refractivity contribution in [2.24, 2.45) is 0 Å². The number of alkyl halides is 3. The van der Waals surface area contributed by atoms with E-state index in [9.17, 15) is 22.8 Å². The molecule has 1 amide bonds. The fourth-order valence-electron chi connectivity index (χ4n) is 1.31. The normalized spacial score (nSPS) is 16.2. The van der Waals surface area contributed by atoms with Crippen molar-refractivity contribution in [1.29, 1.82) is 0 Å². The molecule has 0 bridgehead atoms. The molecule has 0 rings (SSSR count). The maximum Gasteiger partial charge on any atom is 0.471 e. The minimum atomic E-state index is -5.13. The van der Waals surface area contributed by atoms with Gasteiger partial charge in [0, 0.05) is 0 Å². The zero-order chi connectivity index (χ0) is 17.2. The predicted octanol–water partition coefficient (Wildman–Crippen LogP) is 2.53. The molecule has 9 heteroatoms. The molecule has 21 heavy (non-hydrogen) atoms.